The molecule has 0 aromatic carbocycles. The molecule has 24 heavy (non-hydrogen) atoms. The molecular formula is C17H21NO6. The van der Waals surface area contributed by atoms with Crippen LogP contribution < -0.4 is 0 Å². The number of furan rings is 2. The van der Waals surface area contributed by atoms with Gasteiger partial charge in [-0.1, -0.05) is 6.92 Å². The summed E-state index contributed by atoms with van der Waals surface area (Å²) >= 11 is 0. The Bertz CT molecular complexity index is 714. The largest absolute Gasteiger partial charge is 0.478 e. The molecule has 2 aromatic rings. The third-order valence-electron chi connectivity index (χ3n) is 3.57. The molecule has 0 saturated carbocycles. The van der Waals surface area contributed by atoms with E-state index in [1.165, 1.54) is 11.0 Å². The lowest BCUT2D eigenvalue weighted by molar-refractivity contribution is 0.0632. The van der Waals surface area contributed by atoms with E-state index in [-0.39, 0.29) is 23.6 Å². The van der Waals surface area contributed by atoms with Crippen LogP contribution in [-0.2, 0) is 17.7 Å². The van der Waals surface area contributed by atoms with E-state index in [9.17, 15) is 14.7 Å². The van der Waals surface area contributed by atoms with Gasteiger partial charge in [0.1, 0.15) is 22.8 Å². The smallest absolute Gasteiger partial charge is 0.339 e. The molecule has 0 aliphatic carbocycles. The van der Waals surface area contributed by atoms with Crippen LogP contribution in [0.4, 0.5) is 0 Å². The molecule has 2 rings (SSSR count). The maximum absolute atomic E-state index is 12.7. The molecule has 1 amide bonds. The van der Waals surface area contributed by atoms with Crippen molar-refractivity contribution in [2.75, 3.05) is 20.3 Å². The third-order valence-corrected chi connectivity index (χ3v) is 3.57. The number of ether oxygens (including phenoxy) is 1. The Labute approximate surface area is 139 Å². The van der Waals surface area contributed by atoms with Gasteiger partial charge in [0, 0.05) is 26.1 Å². The van der Waals surface area contributed by atoms with Crippen LogP contribution in [0.5, 0.6) is 0 Å². The first-order chi connectivity index (χ1) is 11.5. The second-order valence-electron chi connectivity index (χ2n) is 5.34. The molecular weight excluding hydrogens is 314 g/mol. The van der Waals surface area contributed by atoms with Gasteiger partial charge in [0.25, 0.3) is 5.91 Å². The molecule has 1 N–H and O–H groups in total. The maximum atomic E-state index is 12.7. The van der Waals surface area contributed by atoms with Crippen molar-refractivity contribution in [3.8, 4) is 0 Å². The van der Waals surface area contributed by atoms with Crippen LogP contribution in [0.25, 0.3) is 0 Å². The zero-order valence-electron chi connectivity index (χ0n) is 14.0. The monoisotopic (exact) mass is 335 g/mol. The van der Waals surface area contributed by atoms with Gasteiger partial charge in [0.2, 0.25) is 0 Å². The lowest BCUT2D eigenvalue weighted by Crippen LogP contribution is -2.33. The second-order valence-corrected chi connectivity index (χ2v) is 5.34. The van der Waals surface area contributed by atoms with Crippen LogP contribution in [0.1, 0.15) is 45.1 Å². The minimum Gasteiger partial charge on any atom is -0.478 e. The summed E-state index contributed by atoms with van der Waals surface area (Å²) < 4.78 is 16.0. The van der Waals surface area contributed by atoms with Crippen molar-refractivity contribution in [1.82, 2.24) is 4.90 Å². The molecule has 0 fully saturated rings. The molecule has 0 bridgehead atoms. The van der Waals surface area contributed by atoms with Gasteiger partial charge in [0.05, 0.1) is 13.2 Å². The van der Waals surface area contributed by atoms with E-state index in [1.807, 2.05) is 13.0 Å². The first kappa shape index (κ1) is 17.8. The highest BCUT2D eigenvalue weighted by Gasteiger charge is 2.24. The van der Waals surface area contributed by atoms with Gasteiger partial charge in [-0.25, -0.2) is 4.79 Å². The van der Waals surface area contributed by atoms with Crippen LogP contribution in [-0.4, -0.2) is 42.1 Å². The van der Waals surface area contributed by atoms with E-state index < -0.39 is 11.9 Å². The standard InChI is InChI=1S/C17H21NO6/c1-4-14-13(17(20)21)9-15(24-14)16(19)18(7-8-22-3)10-12-6-5-11(2)23-12/h5-6,9H,4,7-8,10H2,1-3H3,(H,20,21). The van der Waals surface area contributed by atoms with Gasteiger partial charge in [-0.3, -0.25) is 4.79 Å². The predicted octanol–water partition coefficient (Wildman–Crippen LogP) is 2.73. The van der Waals surface area contributed by atoms with E-state index >= 15 is 0 Å². The van der Waals surface area contributed by atoms with Gasteiger partial charge in [-0.2, -0.15) is 0 Å². The molecule has 0 atom stereocenters. The summed E-state index contributed by atoms with van der Waals surface area (Å²) in [4.78, 5) is 25.4. The Morgan fingerprint density at radius 3 is 2.54 bits per heavy atom. The van der Waals surface area contributed by atoms with Gasteiger partial charge >= 0.3 is 5.97 Å². The van der Waals surface area contributed by atoms with E-state index in [2.05, 4.69) is 0 Å². The summed E-state index contributed by atoms with van der Waals surface area (Å²) in [6.45, 7) is 4.52. The minimum atomic E-state index is -1.11. The molecule has 0 aliphatic rings. The summed E-state index contributed by atoms with van der Waals surface area (Å²) in [6.07, 6.45) is 0.393. The molecule has 0 aliphatic heterocycles. The topological polar surface area (TPSA) is 93.1 Å². The average Bonchev–Trinajstić information content (AvgIpc) is 3.16. The number of amides is 1. The van der Waals surface area contributed by atoms with Crippen LogP contribution in [0, 0.1) is 6.92 Å². The SMILES string of the molecule is CCc1oc(C(=O)N(CCOC)Cc2ccc(C)o2)cc1C(=O)O. The number of nitrogens with zero attached hydrogens (tertiary/aromatic N) is 1. The van der Waals surface area contributed by atoms with E-state index in [0.717, 1.165) is 5.76 Å². The summed E-state index contributed by atoms with van der Waals surface area (Å²) in [5.41, 5.74) is 0.0152. The zero-order valence-corrected chi connectivity index (χ0v) is 14.0. The van der Waals surface area contributed by atoms with Crippen LogP contribution in [0.15, 0.2) is 27.0 Å². The van der Waals surface area contributed by atoms with Crippen molar-refractivity contribution in [2.45, 2.75) is 26.8 Å². The van der Waals surface area contributed by atoms with Crippen LogP contribution in [0.2, 0.25) is 0 Å². The number of carboxylic acid groups (broad SMARTS) is 1. The third kappa shape index (κ3) is 4.05. The second kappa shape index (κ2) is 7.83. The van der Waals surface area contributed by atoms with E-state index in [0.29, 0.717) is 25.3 Å². The predicted molar refractivity (Wildman–Crippen MR) is 85.1 cm³/mol. The molecule has 0 saturated heterocycles. The molecule has 130 valence electrons. The molecule has 7 nitrogen and oxygen atoms in total. The Balaban J connectivity index is 2.24. The summed E-state index contributed by atoms with van der Waals surface area (Å²) in [6, 6.07) is 4.89. The molecule has 7 heteroatoms. The Morgan fingerprint density at radius 1 is 1.29 bits per heavy atom. The number of rotatable bonds is 8. The number of aryl methyl sites for hydroxylation is 2. The maximum Gasteiger partial charge on any atom is 0.339 e. The summed E-state index contributed by atoms with van der Waals surface area (Å²) in [5, 5.41) is 9.19. The van der Waals surface area contributed by atoms with Crippen molar-refractivity contribution in [2.24, 2.45) is 0 Å². The van der Waals surface area contributed by atoms with Crippen molar-refractivity contribution >= 4 is 11.9 Å². The van der Waals surface area contributed by atoms with Crippen molar-refractivity contribution in [3.05, 3.63) is 46.8 Å². The summed E-state index contributed by atoms with van der Waals surface area (Å²) in [7, 11) is 1.55. The highest BCUT2D eigenvalue weighted by molar-refractivity contribution is 5.96. The quantitative estimate of drug-likeness (QED) is 0.797. The lowest BCUT2D eigenvalue weighted by atomic mass is 10.2. The van der Waals surface area contributed by atoms with Gasteiger partial charge in [0.15, 0.2) is 5.76 Å². The molecule has 0 spiro atoms. The number of hydrogen-bond donors (Lipinski definition) is 1. The fourth-order valence-electron chi connectivity index (χ4n) is 2.35. The Hall–Kier alpha value is -2.54. The number of carboxylic acids is 1. The zero-order chi connectivity index (χ0) is 17.7. The number of aromatic carboxylic acids is 1. The van der Waals surface area contributed by atoms with Crippen LogP contribution >= 0.6 is 0 Å². The molecule has 2 heterocycles. The minimum absolute atomic E-state index is 0.00336. The normalized spacial score (nSPS) is 10.8. The highest BCUT2D eigenvalue weighted by atomic mass is 16.5. The van der Waals surface area contributed by atoms with E-state index in [1.54, 1.807) is 20.1 Å². The first-order valence-electron chi connectivity index (χ1n) is 7.65. The lowest BCUT2D eigenvalue weighted by Gasteiger charge is -2.20. The number of carbonyl (C=O) groups excluding carboxylic acids is 1. The fraction of sp³-hybridized carbons (Fsp3) is 0.412. The van der Waals surface area contributed by atoms with Gasteiger partial charge < -0.3 is 23.6 Å². The average molecular weight is 335 g/mol. The van der Waals surface area contributed by atoms with E-state index in [4.69, 9.17) is 13.6 Å². The highest BCUT2D eigenvalue weighted by Crippen LogP contribution is 2.19. The molecule has 0 unspecified atom stereocenters. The van der Waals surface area contributed by atoms with Gasteiger partial charge in [-0.15, -0.1) is 0 Å². The van der Waals surface area contributed by atoms with Crippen molar-refractivity contribution in [3.63, 3.8) is 0 Å². The number of methoxy groups -OCH3 is 1. The van der Waals surface area contributed by atoms with Gasteiger partial charge in [-0.05, 0) is 19.1 Å². The molecule has 0 radical (unpaired) electrons. The van der Waals surface area contributed by atoms with Crippen LogP contribution in [0.3, 0.4) is 0 Å². The van der Waals surface area contributed by atoms with Crippen molar-refractivity contribution in [1.29, 1.82) is 0 Å². The Kier molecular flexibility index (Phi) is 5.81. The summed E-state index contributed by atoms with van der Waals surface area (Å²) in [5.74, 6) is 0.166. The number of carbonyl (C=O) groups is 2. The molecule has 2 aromatic heterocycles. The number of hydrogen-bond acceptors (Lipinski definition) is 5. The Morgan fingerprint density at radius 2 is 2.04 bits per heavy atom. The van der Waals surface area contributed by atoms with Crippen molar-refractivity contribution < 1.29 is 28.3 Å². The fourth-order valence-corrected chi connectivity index (χ4v) is 2.35. The first-order valence-corrected chi connectivity index (χ1v) is 7.65.